The summed E-state index contributed by atoms with van der Waals surface area (Å²) >= 11 is 0. The molecule has 0 aliphatic rings. The predicted octanol–water partition coefficient (Wildman–Crippen LogP) is 4.27. The van der Waals surface area contributed by atoms with Crippen LogP contribution in [0.3, 0.4) is 0 Å². The number of ether oxygens (including phenoxy) is 1. The topological polar surface area (TPSA) is 55.6 Å². The number of carbonyl (C=O) groups is 1. The fraction of sp³-hybridized carbons (Fsp3) is 0.333. The molecule has 0 fully saturated rings. The highest BCUT2D eigenvalue weighted by molar-refractivity contribution is 5.81. The van der Waals surface area contributed by atoms with Crippen molar-refractivity contribution < 1.29 is 9.53 Å². The molecule has 0 aliphatic carbocycles. The van der Waals surface area contributed by atoms with Gasteiger partial charge in [-0.2, -0.15) is 0 Å². The molecular formula is C21H25N3O2. The number of hydrogen-bond donors (Lipinski definition) is 1. The third-order valence-electron chi connectivity index (χ3n) is 4.26. The minimum absolute atomic E-state index is 0.0996. The van der Waals surface area contributed by atoms with Gasteiger partial charge in [0.2, 0.25) is 0 Å². The van der Waals surface area contributed by atoms with Gasteiger partial charge in [0.1, 0.15) is 23.7 Å². The highest BCUT2D eigenvalue weighted by Crippen LogP contribution is 2.31. The Bertz CT molecular complexity index is 905. The van der Waals surface area contributed by atoms with Gasteiger partial charge in [-0.25, -0.2) is 4.98 Å². The summed E-state index contributed by atoms with van der Waals surface area (Å²) in [6.07, 6.45) is 1.93. The van der Waals surface area contributed by atoms with E-state index in [0.29, 0.717) is 6.61 Å². The smallest absolute Gasteiger partial charge is 0.325 e. The van der Waals surface area contributed by atoms with Crippen LogP contribution in [0.25, 0.3) is 16.9 Å². The fourth-order valence-corrected chi connectivity index (χ4v) is 2.86. The highest BCUT2D eigenvalue weighted by Gasteiger charge is 2.17. The van der Waals surface area contributed by atoms with Crippen LogP contribution in [0.5, 0.6) is 0 Å². The second-order valence-electron chi connectivity index (χ2n) is 7.22. The van der Waals surface area contributed by atoms with E-state index in [9.17, 15) is 4.79 Å². The van der Waals surface area contributed by atoms with Gasteiger partial charge in [-0.15, -0.1) is 0 Å². The van der Waals surface area contributed by atoms with E-state index in [-0.39, 0.29) is 17.9 Å². The molecule has 0 saturated carbocycles. The largest absolute Gasteiger partial charge is 0.465 e. The van der Waals surface area contributed by atoms with Gasteiger partial charge in [0.15, 0.2) is 0 Å². The molecule has 0 atom stereocenters. The Labute approximate surface area is 154 Å². The molecule has 1 N–H and O–H groups in total. The van der Waals surface area contributed by atoms with Crippen LogP contribution < -0.4 is 5.32 Å². The molecule has 0 radical (unpaired) electrons. The number of rotatable bonds is 5. The number of anilines is 1. The van der Waals surface area contributed by atoms with E-state index < -0.39 is 0 Å². The first kappa shape index (κ1) is 18.0. The number of nitrogens with zero attached hydrogens (tertiary/aromatic N) is 2. The lowest BCUT2D eigenvalue weighted by atomic mass is 9.86. The number of esters is 1. The maximum absolute atomic E-state index is 11.8. The molecule has 136 valence electrons. The number of nitrogens with one attached hydrogen (secondary N) is 1. The van der Waals surface area contributed by atoms with Gasteiger partial charge in [0.05, 0.1) is 6.61 Å². The predicted molar refractivity (Wildman–Crippen MR) is 104 cm³/mol. The molecule has 3 rings (SSSR count). The fourth-order valence-electron chi connectivity index (χ4n) is 2.86. The second-order valence-corrected chi connectivity index (χ2v) is 7.22. The molecule has 1 aromatic carbocycles. The lowest BCUT2D eigenvalue weighted by molar-refractivity contribution is -0.140. The van der Waals surface area contributed by atoms with Gasteiger partial charge in [-0.3, -0.25) is 9.20 Å². The van der Waals surface area contributed by atoms with Crippen LogP contribution in [0.15, 0.2) is 48.7 Å². The lowest BCUT2D eigenvalue weighted by Crippen LogP contribution is -2.17. The SMILES string of the molecule is CCOC(=O)CNc1c(-c2ccc(C(C)(C)C)cc2)nc2ccccn12. The summed E-state index contributed by atoms with van der Waals surface area (Å²) in [6.45, 7) is 8.85. The highest BCUT2D eigenvalue weighted by atomic mass is 16.5. The van der Waals surface area contributed by atoms with Crippen molar-refractivity contribution in [1.82, 2.24) is 9.38 Å². The Morgan fingerprint density at radius 3 is 2.54 bits per heavy atom. The van der Waals surface area contributed by atoms with Gasteiger partial charge >= 0.3 is 5.97 Å². The van der Waals surface area contributed by atoms with Crippen LogP contribution >= 0.6 is 0 Å². The number of hydrogen-bond acceptors (Lipinski definition) is 4. The molecule has 0 bridgehead atoms. The van der Waals surface area contributed by atoms with E-state index in [1.54, 1.807) is 6.92 Å². The maximum atomic E-state index is 11.8. The number of benzene rings is 1. The van der Waals surface area contributed by atoms with E-state index in [4.69, 9.17) is 9.72 Å². The van der Waals surface area contributed by atoms with E-state index in [0.717, 1.165) is 22.7 Å². The Morgan fingerprint density at radius 1 is 1.15 bits per heavy atom. The van der Waals surface area contributed by atoms with Crippen molar-refractivity contribution in [2.24, 2.45) is 0 Å². The molecule has 2 heterocycles. The number of imidazole rings is 1. The van der Waals surface area contributed by atoms with Crippen LogP contribution in [-0.2, 0) is 14.9 Å². The van der Waals surface area contributed by atoms with Crippen LogP contribution in [0.4, 0.5) is 5.82 Å². The van der Waals surface area contributed by atoms with Crippen molar-refractivity contribution in [2.45, 2.75) is 33.1 Å². The van der Waals surface area contributed by atoms with Gasteiger partial charge in [0, 0.05) is 11.8 Å². The lowest BCUT2D eigenvalue weighted by Gasteiger charge is -2.19. The van der Waals surface area contributed by atoms with Crippen molar-refractivity contribution in [1.29, 1.82) is 0 Å². The average Bonchev–Trinajstić information content (AvgIpc) is 2.98. The zero-order valence-corrected chi connectivity index (χ0v) is 15.7. The summed E-state index contributed by atoms with van der Waals surface area (Å²) in [5.41, 5.74) is 4.02. The van der Waals surface area contributed by atoms with Crippen LogP contribution in [0.1, 0.15) is 33.3 Å². The van der Waals surface area contributed by atoms with E-state index in [2.05, 4.69) is 50.4 Å². The molecule has 0 amide bonds. The second kappa shape index (κ2) is 7.20. The van der Waals surface area contributed by atoms with Crippen molar-refractivity contribution in [3.05, 3.63) is 54.2 Å². The summed E-state index contributed by atoms with van der Waals surface area (Å²) in [5.74, 6) is 0.504. The molecule has 0 spiro atoms. The van der Waals surface area contributed by atoms with Gasteiger partial charge in [-0.05, 0) is 30.0 Å². The third kappa shape index (κ3) is 3.72. The molecule has 2 aromatic heterocycles. The number of fused-ring (bicyclic) bond motifs is 1. The third-order valence-corrected chi connectivity index (χ3v) is 4.26. The van der Waals surface area contributed by atoms with Crippen molar-refractivity contribution in [3.8, 4) is 11.3 Å². The summed E-state index contributed by atoms with van der Waals surface area (Å²) in [7, 11) is 0. The first-order chi connectivity index (χ1) is 12.4. The van der Waals surface area contributed by atoms with E-state index in [1.165, 1.54) is 5.56 Å². The molecule has 0 saturated heterocycles. The van der Waals surface area contributed by atoms with Crippen molar-refractivity contribution in [3.63, 3.8) is 0 Å². The van der Waals surface area contributed by atoms with Gasteiger partial charge in [-0.1, -0.05) is 51.1 Å². The quantitative estimate of drug-likeness (QED) is 0.697. The first-order valence-electron chi connectivity index (χ1n) is 8.87. The summed E-state index contributed by atoms with van der Waals surface area (Å²) in [6, 6.07) is 14.3. The Morgan fingerprint density at radius 2 is 1.88 bits per heavy atom. The molecular weight excluding hydrogens is 326 g/mol. The Balaban J connectivity index is 1.99. The van der Waals surface area contributed by atoms with Crippen LogP contribution in [-0.4, -0.2) is 28.5 Å². The Kier molecular flexibility index (Phi) is 4.98. The normalized spacial score (nSPS) is 11.5. The molecule has 5 nitrogen and oxygen atoms in total. The number of carbonyl (C=O) groups excluding carboxylic acids is 1. The first-order valence-corrected chi connectivity index (χ1v) is 8.87. The van der Waals surface area contributed by atoms with E-state index in [1.807, 2.05) is 28.8 Å². The number of pyridine rings is 1. The monoisotopic (exact) mass is 351 g/mol. The molecule has 0 aliphatic heterocycles. The van der Waals surface area contributed by atoms with Gasteiger partial charge in [0.25, 0.3) is 0 Å². The summed E-state index contributed by atoms with van der Waals surface area (Å²) < 4.78 is 6.97. The molecule has 3 aromatic rings. The maximum Gasteiger partial charge on any atom is 0.325 e. The number of aromatic nitrogens is 2. The minimum Gasteiger partial charge on any atom is -0.465 e. The minimum atomic E-state index is -0.285. The van der Waals surface area contributed by atoms with Gasteiger partial charge < -0.3 is 10.1 Å². The summed E-state index contributed by atoms with van der Waals surface area (Å²) in [4.78, 5) is 16.5. The standard InChI is InChI=1S/C21H25N3O2/c1-5-26-18(25)14-22-20-19(23-17-8-6-7-13-24(17)20)15-9-11-16(12-10-15)21(2,3)4/h6-13,22H,5,14H2,1-4H3. The Hall–Kier alpha value is -2.82. The average molecular weight is 351 g/mol. The zero-order chi connectivity index (χ0) is 18.7. The summed E-state index contributed by atoms with van der Waals surface area (Å²) in [5, 5.41) is 3.19. The van der Waals surface area contributed by atoms with Crippen molar-refractivity contribution in [2.75, 3.05) is 18.5 Å². The zero-order valence-electron chi connectivity index (χ0n) is 15.7. The van der Waals surface area contributed by atoms with E-state index >= 15 is 0 Å². The molecule has 26 heavy (non-hydrogen) atoms. The molecule has 5 heteroatoms. The van der Waals surface area contributed by atoms with Crippen LogP contribution in [0.2, 0.25) is 0 Å². The van der Waals surface area contributed by atoms with Crippen LogP contribution in [0, 0.1) is 0 Å². The van der Waals surface area contributed by atoms with Crippen molar-refractivity contribution >= 4 is 17.4 Å². The molecule has 0 unspecified atom stereocenters.